The monoisotopic (exact) mass is 289 g/mol. The molecule has 2 rings (SSSR count). The number of hydrogen-bond acceptors (Lipinski definition) is 2. The molecule has 1 aliphatic heterocycles. The van der Waals surface area contributed by atoms with Crippen molar-refractivity contribution in [2.24, 2.45) is 0 Å². The highest BCUT2D eigenvalue weighted by atomic mass is 16.2. The lowest BCUT2D eigenvalue weighted by atomic mass is 10.2. The average molecular weight is 289 g/mol. The van der Waals surface area contributed by atoms with E-state index in [0.717, 1.165) is 32.4 Å². The summed E-state index contributed by atoms with van der Waals surface area (Å²) in [6.45, 7) is 5.61. The Labute approximate surface area is 125 Å². The number of benzene rings is 1. The highest BCUT2D eigenvalue weighted by molar-refractivity contribution is 5.97. The fourth-order valence-corrected chi connectivity index (χ4v) is 2.33. The molecule has 1 aromatic carbocycles. The molecule has 0 aliphatic carbocycles. The average Bonchev–Trinajstić information content (AvgIpc) is 3.00. The van der Waals surface area contributed by atoms with Crippen LogP contribution in [0, 0.1) is 0 Å². The van der Waals surface area contributed by atoms with Gasteiger partial charge in [-0.1, -0.05) is 13.0 Å². The first kappa shape index (κ1) is 15.4. The van der Waals surface area contributed by atoms with E-state index in [2.05, 4.69) is 10.6 Å². The molecule has 0 radical (unpaired) electrons. The van der Waals surface area contributed by atoms with E-state index in [1.54, 1.807) is 24.3 Å². The Morgan fingerprint density at radius 2 is 2.00 bits per heavy atom. The van der Waals surface area contributed by atoms with Gasteiger partial charge >= 0.3 is 6.03 Å². The van der Waals surface area contributed by atoms with E-state index in [1.165, 1.54) is 0 Å². The van der Waals surface area contributed by atoms with Crippen molar-refractivity contribution >= 4 is 17.6 Å². The first-order chi connectivity index (χ1) is 10.1. The van der Waals surface area contributed by atoms with Crippen molar-refractivity contribution in [3.05, 3.63) is 29.8 Å². The van der Waals surface area contributed by atoms with Crippen molar-refractivity contribution in [1.29, 1.82) is 0 Å². The molecule has 0 bridgehead atoms. The van der Waals surface area contributed by atoms with Crippen molar-refractivity contribution in [1.82, 2.24) is 10.2 Å². The van der Waals surface area contributed by atoms with Gasteiger partial charge in [-0.05, 0) is 44.4 Å². The molecule has 1 saturated heterocycles. The zero-order valence-electron chi connectivity index (χ0n) is 12.7. The van der Waals surface area contributed by atoms with Crippen LogP contribution in [0.2, 0.25) is 0 Å². The van der Waals surface area contributed by atoms with Gasteiger partial charge in [0.15, 0.2) is 0 Å². The van der Waals surface area contributed by atoms with E-state index < -0.39 is 0 Å². The molecule has 5 heteroatoms. The Morgan fingerprint density at radius 1 is 1.29 bits per heavy atom. The number of carbonyl (C=O) groups excluding carboxylic acids is 2. The summed E-state index contributed by atoms with van der Waals surface area (Å²) in [5.74, 6) is 0.0403. The van der Waals surface area contributed by atoms with Gasteiger partial charge in [-0.15, -0.1) is 0 Å². The Balaban J connectivity index is 2.00. The van der Waals surface area contributed by atoms with Crippen molar-refractivity contribution in [2.75, 3.05) is 18.4 Å². The Kier molecular flexibility index (Phi) is 5.20. The number of rotatable bonds is 4. The number of hydrogen-bond donors (Lipinski definition) is 2. The zero-order valence-corrected chi connectivity index (χ0v) is 12.7. The highest BCUT2D eigenvalue weighted by Gasteiger charge is 2.19. The van der Waals surface area contributed by atoms with Crippen LogP contribution in [0.25, 0.3) is 0 Å². The summed E-state index contributed by atoms with van der Waals surface area (Å²) in [5.41, 5.74) is 1.26. The van der Waals surface area contributed by atoms with Crippen LogP contribution < -0.4 is 10.6 Å². The minimum absolute atomic E-state index is 0.0403. The molecule has 1 aromatic rings. The standard InChI is InChI=1S/C16H23N3O2/c1-3-12(2)17-16(21)18-14-8-6-7-13(11-14)15(20)19-9-4-5-10-19/h6-8,11-12H,3-5,9-10H2,1-2H3,(H2,17,18,21). The number of likely N-dealkylation sites (tertiary alicyclic amines) is 1. The fourth-order valence-electron chi connectivity index (χ4n) is 2.33. The number of nitrogens with zero attached hydrogens (tertiary/aromatic N) is 1. The topological polar surface area (TPSA) is 61.4 Å². The van der Waals surface area contributed by atoms with Crippen LogP contribution in [-0.2, 0) is 0 Å². The summed E-state index contributed by atoms with van der Waals surface area (Å²) in [6.07, 6.45) is 3.02. The summed E-state index contributed by atoms with van der Waals surface area (Å²) in [7, 11) is 0. The molecule has 1 fully saturated rings. The van der Waals surface area contributed by atoms with Crippen LogP contribution in [-0.4, -0.2) is 36.0 Å². The quantitative estimate of drug-likeness (QED) is 0.895. The van der Waals surface area contributed by atoms with Crippen LogP contribution in [0.3, 0.4) is 0 Å². The maximum atomic E-state index is 12.3. The van der Waals surface area contributed by atoms with Gasteiger partial charge in [-0.3, -0.25) is 4.79 Å². The summed E-state index contributed by atoms with van der Waals surface area (Å²) >= 11 is 0. The maximum absolute atomic E-state index is 12.3. The lowest BCUT2D eigenvalue weighted by molar-refractivity contribution is 0.0793. The molecule has 0 aromatic heterocycles. The van der Waals surface area contributed by atoms with Crippen LogP contribution in [0.5, 0.6) is 0 Å². The van der Waals surface area contributed by atoms with E-state index in [1.807, 2.05) is 18.7 Å². The lowest BCUT2D eigenvalue weighted by Crippen LogP contribution is -2.35. The fraction of sp³-hybridized carbons (Fsp3) is 0.500. The Hall–Kier alpha value is -2.04. The first-order valence-corrected chi connectivity index (χ1v) is 7.57. The summed E-state index contributed by atoms with van der Waals surface area (Å²) in [6, 6.07) is 6.99. The van der Waals surface area contributed by atoms with Gasteiger partial charge in [0.25, 0.3) is 5.91 Å². The van der Waals surface area contributed by atoms with E-state index in [4.69, 9.17) is 0 Å². The van der Waals surface area contributed by atoms with Gasteiger partial charge in [-0.2, -0.15) is 0 Å². The molecule has 3 amide bonds. The van der Waals surface area contributed by atoms with Crippen molar-refractivity contribution in [3.8, 4) is 0 Å². The third kappa shape index (κ3) is 4.21. The van der Waals surface area contributed by atoms with Crippen LogP contribution >= 0.6 is 0 Å². The maximum Gasteiger partial charge on any atom is 0.319 e. The summed E-state index contributed by atoms with van der Waals surface area (Å²) in [4.78, 5) is 26.0. The van der Waals surface area contributed by atoms with Crippen molar-refractivity contribution in [3.63, 3.8) is 0 Å². The molecule has 5 nitrogen and oxygen atoms in total. The largest absolute Gasteiger partial charge is 0.339 e. The summed E-state index contributed by atoms with van der Waals surface area (Å²) < 4.78 is 0. The molecular weight excluding hydrogens is 266 g/mol. The van der Waals surface area contributed by atoms with Gasteiger partial charge in [-0.25, -0.2) is 4.79 Å². The Morgan fingerprint density at radius 3 is 2.67 bits per heavy atom. The molecule has 114 valence electrons. The summed E-state index contributed by atoms with van der Waals surface area (Å²) in [5, 5.41) is 5.61. The third-order valence-corrected chi connectivity index (χ3v) is 3.75. The zero-order chi connectivity index (χ0) is 15.2. The predicted octanol–water partition coefficient (Wildman–Crippen LogP) is 2.84. The molecule has 1 heterocycles. The smallest absolute Gasteiger partial charge is 0.319 e. The highest BCUT2D eigenvalue weighted by Crippen LogP contribution is 2.16. The molecule has 1 atom stereocenters. The second-order valence-corrected chi connectivity index (χ2v) is 5.49. The third-order valence-electron chi connectivity index (χ3n) is 3.75. The first-order valence-electron chi connectivity index (χ1n) is 7.57. The SMILES string of the molecule is CCC(C)NC(=O)Nc1cccc(C(=O)N2CCCC2)c1. The number of nitrogens with one attached hydrogen (secondary N) is 2. The van der Waals surface area contributed by atoms with E-state index in [-0.39, 0.29) is 18.0 Å². The number of anilines is 1. The van der Waals surface area contributed by atoms with Crippen LogP contribution in [0.4, 0.5) is 10.5 Å². The number of urea groups is 1. The molecule has 2 N–H and O–H groups in total. The predicted molar refractivity (Wildman–Crippen MR) is 83.5 cm³/mol. The van der Waals surface area contributed by atoms with Crippen molar-refractivity contribution in [2.45, 2.75) is 39.2 Å². The minimum Gasteiger partial charge on any atom is -0.339 e. The lowest BCUT2D eigenvalue weighted by Gasteiger charge is -2.16. The van der Waals surface area contributed by atoms with E-state index in [9.17, 15) is 9.59 Å². The van der Waals surface area contributed by atoms with E-state index >= 15 is 0 Å². The van der Waals surface area contributed by atoms with Crippen molar-refractivity contribution < 1.29 is 9.59 Å². The molecule has 1 unspecified atom stereocenters. The normalized spacial score (nSPS) is 15.6. The molecule has 0 saturated carbocycles. The second kappa shape index (κ2) is 7.11. The van der Waals surface area contributed by atoms with Crippen LogP contribution in [0.1, 0.15) is 43.5 Å². The second-order valence-electron chi connectivity index (χ2n) is 5.49. The van der Waals surface area contributed by atoms with Gasteiger partial charge in [0.1, 0.15) is 0 Å². The number of amides is 3. The molecule has 21 heavy (non-hydrogen) atoms. The molecular formula is C16H23N3O2. The van der Waals surface area contributed by atoms with Gasteiger partial charge in [0.05, 0.1) is 0 Å². The Bertz CT molecular complexity index is 510. The minimum atomic E-state index is -0.241. The van der Waals surface area contributed by atoms with Gasteiger partial charge in [0, 0.05) is 30.4 Å². The van der Waals surface area contributed by atoms with Gasteiger partial charge < -0.3 is 15.5 Å². The molecule has 1 aliphatic rings. The van der Waals surface area contributed by atoms with Crippen LogP contribution in [0.15, 0.2) is 24.3 Å². The van der Waals surface area contributed by atoms with E-state index in [0.29, 0.717) is 11.3 Å². The van der Waals surface area contributed by atoms with Gasteiger partial charge in [0.2, 0.25) is 0 Å². The number of carbonyl (C=O) groups is 2. The molecule has 0 spiro atoms.